The molecule has 0 saturated heterocycles. The topological polar surface area (TPSA) is 81.4 Å². The third-order valence-corrected chi connectivity index (χ3v) is 5.29. The number of sulfonamides is 1. The molecule has 132 valence electrons. The van der Waals surface area contributed by atoms with Crippen LogP contribution < -0.4 is 15.2 Å². The number of hydrogen-bond donors (Lipinski definition) is 2. The predicted octanol–water partition coefficient (Wildman–Crippen LogP) is 2.41. The molecule has 0 spiro atoms. The number of halogens is 4. The van der Waals surface area contributed by atoms with E-state index in [2.05, 4.69) is 9.46 Å². The van der Waals surface area contributed by atoms with Crippen LogP contribution in [-0.4, -0.2) is 26.9 Å². The average Bonchev–Trinajstić information content (AvgIpc) is 3.21. The summed E-state index contributed by atoms with van der Waals surface area (Å²) in [4.78, 5) is -0.562. The van der Waals surface area contributed by atoms with Crippen molar-refractivity contribution in [3.8, 4) is 5.75 Å². The molecule has 0 heterocycles. The molecule has 0 radical (unpaired) electrons. The average molecular weight is 375 g/mol. The molecule has 10 heteroatoms. The molecule has 1 fully saturated rings. The molecule has 23 heavy (non-hydrogen) atoms. The zero-order chi connectivity index (χ0) is 16.6. The monoisotopic (exact) mass is 374 g/mol. The summed E-state index contributed by atoms with van der Waals surface area (Å²) in [6, 6.07) is 4.62. The minimum atomic E-state index is -4.97. The largest absolute Gasteiger partial charge is 0.573 e. The molecule has 1 aliphatic carbocycles. The molecule has 0 aliphatic heterocycles. The van der Waals surface area contributed by atoms with Crippen LogP contribution in [0, 0.1) is 5.92 Å². The van der Waals surface area contributed by atoms with E-state index in [1.165, 1.54) is 12.1 Å². The van der Waals surface area contributed by atoms with Gasteiger partial charge < -0.3 is 10.5 Å². The van der Waals surface area contributed by atoms with Crippen molar-refractivity contribution in [2.75, 3.05) is 6.54 Å². The van der Waals surface area contributed by atoms with E-state index in [0.29, 0.717) is 0 Å². The molecule has 5 nitrogen and oxygen atoms in total. The van der Waals surface area contributed by atoms with Gasteiger partial charge >= 0.3 is 6.36 Å². The Morgan fingerprint density at radius 3 is 2.35 bits per heavy atom. The molecule has 1 unspecified atom stereocenters. The summed E-state index contributed by atoms with van der Waals surface area (Å²) in [6.07, 6.45) is -3.31. The van der Waals surface area contributed by atoms with Gasteiger partial charge in [0, 0.05) is 12.1 Å². The molecular weight excluding hydrogens is 357 g/mol. The lowest BCUT2D eigenvalue weighted by molar-refractivity contribution is -0.275. The van der Waals surface area contributed by atoms with Gasteiger partial charge in [0.2, 0.25) is 10.0 Å². The van der Waals surface area contributed by atoms with Crippen molar-refractivity contribution in [1.29, 1.82) is 0 Å². The fraction of sp³-hybridized carbons (Fsp3) is 0.538. The normalized spacial score (nSPS) is 18.0. The second kappa shape index (κ2) is 6.84. The highest BCUT2D eigenvalue weighted by molar-refractivity contribution is 7.89. The lowest BCUT2D eigenvalue weighted by Gasteiger charge is -2.29. The Bertz CT molecular complexity index is 650. The number of alkyl halides is 3. The second-order valence-corrected chi connectivity index (χ2v) is 7.15. The van der Waals surface area contributed by atoms with E-state index in [1.54, 1.807) is 6.92 Å². The van der Waals surface area contributed by atoms with E-state index >= 15 is 0 Å². The summed E-state index contributed by atoms with van der Waals surface area (Å²) in [7, 11) is -4.19. The van der Waals surface area contributed by atoms with Crippen LogP contribution in [-0.2, 0) is 10.0 Å². The maximum atomic E-state index is 12.4. The second-order valence-electron chi connectivity index (χ2n) is 5.50. The molecule has 1 aromatic carbocycles. The fourth-order valence-electron chi connectivity index (χ4n) is 2.26. The quantitative estimate of drug-likeness (QED) is 0.801. The highest BCUT2D eigenvalue weighted by atomic mass is 35.5. The summed E-state index contributed by atoms with van der Waals surface area (Å²) in [5.41, 5.74) is 4.75. The van der Waals surface area contributed by atoms with Gasteiger partial charge in [-0.2, -0.15) is 0 Å². The van der Waals surface area contributed by atoms with E-state index in [-0.39, 0.29) is 24.9 Å². The van der Waals surface area contributed by atoms with Crippen LogP contribution in [0.4, 0.5) is 13.2 Å². The first-order valence-electron chi connectivity index (χ1n) is 6.66. The highest BCUT2D eigenvalue weighted by Crippen LogP contribution is 2.40. The van der Waals surface area contributed by atoms with E-state index < -0.39 is 32.6 Å². The molecule has 1 aromatic rings. The number of hydrogen-bond acceptors (Lipinski definition) is 4. The predicted molar refractivity (Wildman–Crippen MR) is 80.9 cm³/mol. The number of ether oxygens (including phenoxy) is 1. The Balaban J connectivity index is 0.00000264. The Kier molecular flexibility index (Phi) is 5.95. The first kappa shape index (κ1) is 20.0. The Hall–Kier alpha value is -1.03. The minimum absolute atomic E-state index is 0. The Labute approximate surface area is 138 Å². The van der Waals surface area contributed by atoms with Gasteiger partial charge in [-0.15, -0.1) is 25.6 Å². The lowest BCUT2D eigenvalue weighted by atomic mass is 9.98. The van der Waals surface area contributed by atoms with Crippen molar-refractivity contribution >= 4 is 22.4 Å². The number of nitrogens with two attached hydrogens (primary N) is 1. The first-order valence-corrected chi connectivity index (χ1v) is 8.14. The van der Waals surface area contributed by atoms with Crippen molar-refractivity contribution < 1.29 is 26.3 Å². The fourth-order valence-corrected chi connectivity index (χ4v) is 3.86. The summed E-state index contributed by atoms with van der Waals surface area (Å²) < 4.78 is 68.3. The molecule has 0 amide bonds. The first-order chi connectivity index (χ1) is 10.1. The lowest BCUT2D eigenvalue weighted by Crippen LogP contribution is -2.53. The number of para-hydroxylation sites is 1. The molecule has 1 atom stereocenters. The third kappa shape index (κ3) is 4.97. The van der Waals surface area contributed by atoms with Gasteiger partial charge in [0.05, 0.1) is 0 Å². The zero-order valence-electron chi connectivity index (χ0n) is 12.3. The Morgan fingerprint density at radius 2 is 1.87 bits per heavy atom. The number of rotatable bonds is 6. The van der Waals surface area contributed by atoms with Crippen LogP contribution in [0.2, 0.25) is 0 Å². The van der Waals surface area contributed by atoms with E-state index in [4.69, 9.17) is 5.73 Å². The van der Waals surface area contributed by atoms with Crippen molar-refractivity contribution in [1.82, 2.24) is 4.72 Å². The molecule has 1 aliphatic rings. The van der Waals surface area contributed by atoms with Gasteiger partial charge in [0.25, 0.3) is 0 Å². The summed E-state index contributed by atoms with van der Waals surface area (Å²) >= 11 is 0. The zero-order valence-corrected chi connectivity index (χ0v) is 13.9. The Morgan fingerprint density at radius 1 is 1.30 bits per heavy atom. The summed E-state index contributed by atoms with van der Waals surface area (Å²) in [6.45, 7) is 1.70. The molecule has 1 saturated carbocycles. The van der Waals surface area contributed by atoms with Gasteiger partial charge in [-0.3, -0.25) is 0 Å². The van der Waals surface area contributed by atoms with E-state index in [9.17, 15) is 21.6 Å². The molecule has 3 N–H and O–H groups in total. The number of benzene rings is 1. The molecular formula is C13H18ClF3N2O3S. The van der Waals surface area contributed by atoms with Crippen LogP contribution >= 0.6 is 12.4 Å². The van der Waals surface area contributed by atoms with Crippen molar-refractivity contribution in [2.45, 2.75) is 36.6 Å². The van der Waals surface area contributed by atoms with Crippen LogP contribution in [0.5, 0.6) is 5.75 Å². The summed E-state index contributed by atoms with van der Waals surface area (Å²) in [5, 5.41) is 0. The van der Waals surface area contributed by atoms with Gasteiger partial charge in [-0.05, 0) is 37.8 Å². The van der Waals surface area contributed by atoms with Crippen LogP contribution in [0.15, 0.2) is 29.2 Å². The number of nitrogens with one attached hydrogen (secondary N) is 1. The summed E-state index contributed by atoms with van der Waals surface area (Å²) in [5.74, 6) is -0.680. The van der Waals surface area contributed by atoms with Crippen molar-refractivity contribution in [3.63, 3.8) is 0 Å². The van der Waals surface area contributed by atoms with Gasteiger partial charge in [-0.1, -0.05) is 12.1 Å². The maximum absolute atomic E-state index is 12.4. The molecule has 2 rings (SSSR count). The van der Waals surface area contributed by atoms with Gasteiger partial charge in [-0.25, -0.2) is 13.1 Å². The van der Waals surface area contributed by atoms with Crippen LogP contribution in [0.25, 0.3) is 0 Å². The minimum Gasteiger partial charge on any atom is -0.404 e. The van der Waals surface area contributed by atoms with Crippen molar-refractivity contribution in [3.05, 3.63) is 24.3 Å². The van der Waals surface area contributed by atoms with E-state index in [1.807, 2.05) is 0 Å². The highest BCUT2D eigenvalue weighted by Gasteiger charge is 2.44. The van der Waals surface area contributed by atoms with Crippen molar-refractivity contribution in [2.24, 2.45) is 11.7 Å². The van der Waals surface area contributed by atoms with Crippen LogP contribution in [0.1, 0.15) is 19.8 Å². The maximum Gasteiger partial charge on any atom is 0.573 e. The van der Waals surface area contributed by atoms with E-state index in [0.717, 1.165) is 25.0 Å². The standard InChI is InChI=1S/C13H17F3N2O3S.ClH/c1-12(8-17,9-6-7-9)18-22(19,20)11-5-3-2-4-10(11)21-13(14,15)16;/h2-5,9,18H,6-8,17H2,1H3;1H. The molecule has 0 bridgehead atoms. The SMILES string of the molecule is CC(CN)(NS(=O)(=O)c1ccccc1OC(F)(F)F)C1CC1.Cl. The van der Waals surface area contributed by atoms with Crippen LogP contribution in [0.3, 0.4) is 0 Å². The van der Waals surface area contributed by atoms with Gasteiger partial charge in [0.1, 0.15) is 10.6 Å². The smallest absolute Gasteiger partial charge is 0.404 e. The third-order valence-electron chi connectivity index (χ3n) is 3.63. The molecule has 0 aromatic heterocycles. The van der Waals surface area contributed by atoms with Gasteiger partial charge in [0.15, 0.2) is 0 Å².